The smallest absolute Gasteiger partial charge is 0.226 e. The van der Waals surface area contributed by atoms with Crippen molar-refractivity contribution in [1.82, 2.24) is 35.3 Å². The van der Waals surface area contributed by atoms with Gasteiger partial charge >= 0.3 is 0 Å². The molecule has 0 saturated carbocycles. The highest BCUT2D eigenvalue weighted by molar-refractivity contribution is 5.81. The number of nitrogens with two attached hydrogens (primary N) is 2. The standard InChI is InChI=1S/C22H39N13O2/c23-29-19(30-24)4-8-33-6-2-17(3-7-33)26-20-14-21(34-9-12-37-13-10-34)28-22(27-20)25-15-18-16-35(32-31-18)5-1-11-36/h14,16-17,36H,1-13,15,23-24H2,(H,29,30)(H2,25,26,27,28). The molecule has 2 aromatic rings. The van der Waals surface area contributed by atoms with Gasteiger partial charge in [0, 0.05) is 64.4 Å². The number of piperidine rings is 1. The summed E-state index contributed by atoms with van der Waals surface area (Å²) in [7, 11) is 0. The average Bonchev–Trinajstić information content (AvgIpc) is 3.40. The van der Waals surface area contributed by atoms with Gasteiger partial charge in [0.25, 0.3) is 0 Å². The number of hydrazine groups is 1. The maximum atomic E-state index is 9.01. The zero-order valence-corrected chi connectivity index (χ0v) is 21.2. The van der Waals surface area contributed by atoms with E-state index in [1.807, 2.05) is 12.3 Å². The molecule has 2 aliphatic heterocycles. The summed E-state index contributed by atoms with van der Waals surface area (Å²) < 4.78 is 7.25. The van der Waals surface area contributed by atoms with Crippen LogP contribution < -0.4 is 32.6 Å². The molecule has 15 heteroatoms. The van der Waals surface area contributed by atoms with Crippen LogP contribution in [-0.2, 0) is 17.8 Å². The number of morpholine rings is 1. The molecule has 204 valence electrons. The van der Waals surface area contributed by atoms with Crippen molar-refractivity contribution in [2.45, 2.75) is 44.8 Å². The van der Waals surface area contributed by atoms with E-state index in [0.29, 0.717) is 57.0 Å². The Morgan fingerprint density at radius 3 is 2.70 bits per heavy atom. The summed E-state index contributed by atoms with van der Waals surface area (Å²) in [6, 6.07) is 2.34. The van der Waals surface area contributed by atoms with Gasteiger partial charge < -0.3 is 41.5 Å². The van der Waals surface area contributed by atoms with E-state index in [-0.39, 0.29) is 6.61 Å². The van der Waals surface area contributed by atoms with Crippen LogP contribution in [0, 0.1) is 0 Å². The number of hydrogen-bond acceptors (Lipinski definition) is 13. The van der Waals surface area contributed by atoms with E-state index in [1.54, 1.807) is 4.68 Å². The molecule has 0 bridgehead atoms. The molecule has 0 aromatic carbocycles. The summed E-state index contributed by atoms with van der Waals surface area (Å²) >= 11 is 0. The molecule has 37 heavy (non-hydrogen) atoms. The number of aromatic nitrogens is 5. The van der Waals surface area contributed by atoms with Gasteiger partial charge in [0.05, 0.1) is 26.0 Å². The Labute approximate surface area is 216 Å². The normalized spacial score (nSPS) is 17.7. The lowest BCUT2D eigenvalue weighted by Crippen LogP contribution is -2.41. The first-order valence-electron chi connectivity index (χ1n) is 12.8. The number of ether oxygens (including phenoxy) is 1. The van der Waals surface area contributed by atoms with E-state index in [9.17, 15) is 0 Å². The molecule has 2 aromatic heterocycles. The van der Waals surface area contributed by atoms with Crippen LogP contribution in [0.4, 0.5) is 17.6 Å². The Kier molecular flexibility index (Phi) is 10.0. The van der Waals surface area contributed by atoms with Crippen LogP contribution >= 0.6 is 0 Å². The van der Waals surface area contributed by atoms with Crippen LogP contribution in [-0.4, -0.2) is 99.4 Å². The van der Waals surface area contributed by atoms with Gasteiger partial charge in [-0.3, -0.25) is 4.68 Å². The van der Waals surface area contributed by atoms with Crippen molar-refractivity contribution < 1.29 is 9.84 Å². The number of hydrogen-bond donors (Lipinski definition) is 6. The maximum Gasteiger partial charge on any atom is 0.226 e. The summed E-state index contributed by atoms with van der Waals surface area (Å²) in [6.45, 7) is 6.96. The van der Waals surface area contributed by atoms with Crippen LogP contribution in [0.2, 0.25) is 0 Å². The summed E-state index contributed by atoms with van der Waals surface area (Å²) in [5.74, 6) is 13.6. The number of anilines is 3. The molecule has 2 fully saturated rings. The van der Waals surface area contributed by atoms with Crippen LogP contribution in [0.15, 0.2) is 17.4 Å². The number of aliphatic hydroxyl groups excluding tert-OH is 1. The number of nitrogens with one attached hydrogen (secondary N) is 3. The molecule has 2 aliphatic rings. The molecular formula is C22H39N13O2. The Balaban J connectivity index is 1.37. The number of nitrogens with zero attached hydrogens (tertiary/aromatic N) is 8. The molecule has 8 N–H and O–H groups in total. The first-order valence-corrected chi connectivity index (χ1v) is 12.8. The van der Waals surface area contributed by atoms with Gasteiger partial charge in [0.1, 0.15) is 23.2 Å². The van der Waals surface area contributed by atoms with E-state index < -0.39 is 0 Å². The van der Waals surface area contributed by atoms with Gasteiger partial charge in [-0.15, -0.1) is 5.10 Å². The van der Waals surface area contributed by atoms with Crippen LogP contribution in [0.5, 0.6) is 0 Å². The minimum atomic E-state index is 0.125. The van der Waals surface area contributed by atoms with E-state index in [0.717, 1.165) is 62.9 Å². The Morgan fingerprint density at radius 1 is 1.16 bits per heavy atom. The van der Waals surface area contributed by atoms with Gasteiger partial charge in [-0.2, -0.15) is 15.1 Å². The van der Waals surface area contributed by atoms with Crippen molar-refractivity contribution in [3.63, 3.8) is 0 Å². The SMILES string of the molecule is N/N=C(/CCN1CCC(Nc2cc(N3CCOCC3)nc(NCc3cn(CCCO)nn3)n2)CC1)NN. The quantitative estimate of drug-likeness (QED) is 0.0861. The van der Waals surface area contributed by atoms with E-state index in [4.69, 9.17) is 31.5 Å². The molecular weight excluding hydrogens is 478 g/mol. The lowest BCUT2D eigenvalue weighted by Gasteiger charge is -2.33. The molecule has 0 aliphatic carbocycles. The second-order valence-corrected chi connectivity index (χ2v) is 9.17. The minimum absolute atomic E-state index is 0.125. The molecule has 4 rings (SSSR count). The summed E-state index contributed by atoms with van der Waals surface area (Å²) in [4.78, 5) is 14.1. The molecule has 0 unspecified atom stereocenters. The van der Waals surface area contributed by atoms with Crippen molar-refractivity contribution in [3.8, 4) is 0 Å². The third-order valence-corrected chi connectivity index (χ3v) is 6.53. The fourth-order valence-corrected chi connectivity index (χ4v) is 4.42. The van der Waals surface area contributed by atoms with Gasteiger partial charge in [0.2, 0.25) is 5.95 Å². The summed E-state index contributed by atoms with van der Waals surface area (Å²) in [5, 5.41) is 27.9. The molecule has 0 spiro atoms. The highest BCUT2D eigenvalue weighted by Crippen LogP contribution is 2.22. The third kappa shape index (κ3) is 8.11. The monoisotopic (exact) mass is 517 g/mol. The number of likely N-dealkylation sites (tertiary alicyclic amines) is 1. The molecule has 2 saturated heterocycles. The van der Waals surface area contributed by atoms with Crippen molar-refractivity contribution in [3.05, 3.63) is 18.0 Å². The number of hydrazone groups is 1. The fraction of sp³-hybridized carbons (Fsp3) is 0.682. The van der Waals surface area contributed by atoms with Crippen molar-refractivity contribution >= 4 is 23.4 Å². The van der Waals surface area contributed by atoms with E-state index >= 15 is 0 Å². The highest BCUT2D eigenvalue weighted by atomic mass is 16.5. The maximum absolute atomic E-state index is 9.01. The molecule has 0 amide bonds. The molecule has 15 nitrogen and oxygen atoms in total. The Hall–Kier alpha value is -3.27. The first kappa shape index (κ1) is 26.8. The fourth-order valence-electron chi connectivity index (χ4n) is 4.42. The highest BCUT2D eigenvalue weighted by Gasteiger charge is 2.21. The second kappa shape index (κ2) is 13.9. The Morgan fingerprint density at radius 2 is 1.97 bits per heavy atom. The van der Waals surface area contributed by atoms with Crippen molar-refractivity contribution in [1.29, 1.82) is 0 Å². The van der Waals surface area contributed by atoms with E-state index in [2.05, 4.69) is 41.3 Å². The summed E-state index contributed by atoms with van der Waals surface area (Å²) in [5.41, 5.74) is 3.32. The van der Waals surface area contributed by atoms with Crippen molar-refractivity contribution in [2.24, 2.45) is 16.8 Å². The predicted octanol–water partition coefficient (Wildman–Crippen LogP) is -1.10. The zero-order valence-electron chi connectivity index (χ0n) is 21.2. The molecule has 4 heterocycles. The van der Waals surface area contributed by atoms with Crippen LogP contribution in [0.3, 0.4) is 0 Å². The lowest BCUT2D eigenvalue weighted by molar-refractivity contribution is 0.122. The molecule has 0 radical (unpaired) electrons. The van der Waals surface area contributed by atoms with Gasteiger partial charge in [-0.05, 0) is 19.3 Å². The lowest BCUT2D eigenvalue weighted by atomic mass is 10.0. The van der Waals surface area contributed by atoms with Gasteiger partial charge in [0.15, 0.2) is 0 Å². The second-order valence-electron chi connectivity index (χ2n) is 9.17. The zero-order chi connectivity index (χ0) is 25.9. The third-order valence-electron chi connectivity index (χ3n) is 6.53. The first-order chi connectivity index (χ1) is 18.2. The topological polar surface area (TPSA) is 193 Å². The van der Waals surface area contributed by atoms with Crippen molar-refractivity contribution in [2.75, 3.05) is 68.1 Å². The average molecular weight is 518 g/mol. The van der Waals surface area contributed by atoms with E-state index in [1.165, 1.54) is 0 Å². The van der Waals surface area contributed by atoms with Gasteiger partial charge in [-0.1, -0.05) is 5.21 Å². The number of rotatable bonds is 12. The number of amidine groups is 1. The minimum Gasteiger partial charge on any atom is -0.396 e. The summed E-state index contributed by atoms with van der Waals surface area (Å²) in [6.07, 6.45) is 5.21. The molecule has 0 atom stereocenters. The van der Waals surface area contributed by atoms with Crippen LogP contribution in [0.25, 0.3) is 0 Å². The predicted molar refractivity (Wildman–Crippen MR) is 141 cm³/mol. The Bertz CT molecular complexity index is 987. The largest absolute Gasteiger partial charge is 0.396 e. The number of aryl methyl sites for hydroxylation is 1. The number of aliphatic hydroxyl groups is 1. The van der Waals surface area contributed by atoms with Gasteiger partial charge in [-0.25, -0.2) is 5.84 Å². The van der Waals surface area contributed by atoms with Crippen LogP contribution in [0.1, 0.15) is 31.4 Å².